The number of benzene rings is 1. The predicted molar refractivity (Wildman–Crippen MR) is 78.8 cm³/mol. The number of carbonyl (C=O) groups is 1. The fourth-order valence-electron chi connectivity index (χ4n) is 3.20. The summed E-state index contributed by atoms with van der Waals surface area (Å²) in [5.74, 6) is 0.0464. The number of para-hydroxylation sites is 1. The van der Waals surface area contributed by atoms with Crippen molar-refractivity contribution in [1.82, 2.24) is 15.2 Å². The maximum atomic E-state index is 12.4. The average molecular weight is 269 g/mol. The summed E-state index contributed by atoms with van der Waals surface area (Å²) in [5, 5.41) is 4.19. The summed E-state index contributed by atoms with van der Waals surface area (Å²) in [6.07, 6.45) is 5.56. The molecule has 1 aliphatic heterocycles. The highest BCUT2D eigenvalue weighted by Crippen LogP contribution is 2.30. The van der Waals surface area contributed by atoms with Gasteiger partial charge in [-0.2, -0.15) is 0 Å². The van der Waals surface area contributed by atoms with Crippen molar-refractivity contribution in [2.24, 2.45) is 0 Å². The molecule has 2 N–H and O–H groups in total. The molecule has 1 saturated heterocycles. The third-order valence-corrected chi connectivity index (χ3v) is 4.45. The first-order valence-corrected chi connectivity index (χ1v) is 7.42. The number of aromatic amines is 1. The predicted octanol–water partition coefficient (Wildman–Crippen LogP) is 2.13. The van der Waals surface area contributed by atoms with Crippen LogP contribution >= 0.6 is 0 Å². The molecule has 2 aliphatic rings. The zero-order valence-corrected chi connectivity index (χ0v) is 11.4. The Balaban J connectivity index is 1.47. The van der Waals surface area contributed by atoms with Gasteiger partial charge in [0.2, 0.25) is 0 Å². The molecule has 4 heteroatoms. The SMILES string of the molecule is O=C(NC1CCN(C2CC2)C1)c1c[nH]c2ccccc12. The normalized spacial score (nSPS) is 23.3. The van der Waals surface area contributed by atoms with Crippen molar-refractivity contribution in [3.63, 3.8) is 0 Å². The molecule has 1 unspecified atom stereocenters. The van der Waals surface area contributed by atoms with E-state index in [1.807, 2.05) is 30.5 Å². The van der Waals surface area contributed by atoms with Crippen molar-refractivity contribution < 1.29 is 4.79 Å². The van der Waals surface area contributed by atoms with Crippen LogP contribution in [0.2, 0.25) is 0 Å². The molecule has 1 aromatic heterocycles. The summed E-state index contributed by atoms with van der Waals surface area (Å²) >= 11 is 0. The monoisotopic (exact) mass is 269 g/mol. The minimum Gasteiger partial charge on any atom is -0.360 e. The first-order chi connectivity index (χ1) is 9.81. The molecule has 4 nitrogen and oxygen atoms in total. The highest BCUT2D eigenvalue weighted by atomic mass is 16.1. The molecule has 2 heterocycles. The second kappa shape index (κ2) is 4.63. The van der Waals surface area contributed by atoms with Crippen molar-refractivity contribution in [2.45, 2.75) is 31.3 Å². The van der Waals surface area contributed by atoms with Gasteiger partial charge in [0.25, 0.3) is 5.91 Å². The molecule has 1 atom stereocenters. The maximum Gasteiger partial charge on any atom is 0.253 e. The maximum absolute atomic E-state index is 12.4. The first kappa shape index (κ1) is 12.0. The van der Waals surface area contributed by atoms with Crippen LogP contribution in [0, 0.1) is 0 Å². The zero-order chi connectivity index (χ0) is 13.5. The number of hydrogen-bond donors (Lipinski definition) is 2. The topological polar surface area (TPSA) is 48.1 Å². The van der Waals surface area contributed by atoms with Gasteiger partial charge in [0.1, 0.15) is 0 Å². The Kier molecular flexibility index (Phi) is 2.77. The van der Waals surface area contributed by atoms with E-state index in [-0.39, 0.29) is 5.91 Å². The Hall–Kier alpha value is -1.81. The van der Waals surface area contributed by atoms with E-state index in [9.17, 15) is 4.79 Å². The number of amides is 1. The Morgan fingerprint density at radius 3 is 2.95 bits per heavy atom. The first-order valence-electron chi connectivity index (χ1n) is 7.42. The summed E-state index contributed by atoms with van der Waals surface area (Å²) in [6.45, 7) is 2.14. The lowest BCUT2D eigenvalue weighted by atomic mass is 10.1. The summed E-state index contributed by atoms with van der Waals surface area (Å²) in [5.41, 5.74) is 1.77. The van der Waals surface area contributed by atoms with Crippen LogP contribution in [0.25, 0.3) is 10.9 Å². The number of hydrogen-bond acceptors (Lipinski definition) is 2. The Bertz CT molecular complexity index is 644. The fraction of sp³-hybridized carbons (Fsp3) is 0.438. The van der Waals surface area contributed by atoms with Gasteiger partial charge in [-0.25, -0.2) is 0 Å². The van der Waals surface area contributed by atoms with Crippen molar-refractivity contribution in [1.29, 1.82) is 0 Å². The van der Waals surface area contributed by atoms with Crippen LogP contribution in [0.3, 0.4) is 0 Å². The van der Waals surface area contributed by atoms with Crippen LogP contribution in [-0.2, 0) is 0 Å². The zero-order valence-electron chi connectivity index (χ0n) is 11.4. The lowest BCUT2D eigenvalue weighted by molar-refractivity contribution is 0.0939. The molecule has 1 aromatic carbocycles. The van der Waals surface area contributed by atoms with E-state index in [0.29, 0.717) is 6.04 Å². The quantitative estimate of drug-likeness (QED) is 0.897. The highest BCUT2D eigenvalue weighted by Gasteiger charge is 2.34. The van der Waals surface area contributed by atoms with Crippen molar-refractivity contribution in [3.05, 3.63) is 36.0 Å². The number of fused-ring (bicyclic) bond motifs is 1. The largest absolute Gasteiger partial charge is 0.360 e. The van der Waals surface area contributed by atoms with Crippen molar-refractivity contribution >= 4 is 16.8 Å². The van der Waals surface area contributed by atoms with Gasteiger partial charge in [-0.1, -0.05) is 18.2 Å². The average Bonchev–Trinajstić information content (AvgIpc) is 3.06. The molecule has 4 rings (SSSR count). The number of carbonyl (C=O) groups excluding carboxylic acids is 1. The van der Waals surface area contributed by atoms with Gasteiger partial charge in [0, 0.05) is 42.3 Å². The van der Waals surface area contributed by atoms with E-state index < -0.39 is 0 Å². The number of aromatic nitrogens is 1. The van der Waals surface area contributed by atoms with Crippen LogP contribution in [0.15, 0.2) is 30.5 Å². The van der Waals surface area contributed by atoms with Crippen LogP contribution in [0.1, 0.15) is 29.6 Å². The van der Waals surface area contributed by atoms with E-state index in [0.717, 1.165) is 42.0 Å². The number of H-pyrrole nitrogens is 1. The minimum absolute atomic E-state index is 0.0464. The van der Waals surface area contributed by atoms with E-state index in [1.54, 1.807) is 0 Å². The summed E-state index contributed by atoms with van der Waals surface area (Å²) in [4.78, 5) is 18.1. The molecular weight excluding hydrogens is 250 g/mol. The van der Waals surface area contributed by atoms with Gasteiger partial charge in [-0.05, 0) is 25.3 Å². The summed E-state index contributed by atoms with van der Waals surface area (Å²) in [7, 11) is 0. The van der Waals surface area contributed by atoms with Gasteiger partial charge in [-0.15, -0.1) is 0 Å². The molecular formula is C16H19N3O. The lowest BCUT2D eigenvalue weighted by Crippen LogP contribution is -2.37. The third-order valence-electron chi connectivity index (χ3n) is 4.45. The van der Waals surface area contributed by atoms with Gasteiger partial charge in [0.15, 0.2) is 0 Å². The van der Waals surface area contributed by atoms with Crippen molar-refractivity contribution in [3.8, 4) is 0 Å². The van der Waals surface area contributed by atoms with Gasteiger partial charge in [-0.3, -0.25) is 9.69 Å². The Morgan fingerprint density at radius 1 is 1.25 bits per heavy atom. The molecule has 1 amide bonds. The van der Waals surface area contributed by atoms with Gasteiger partial charge < -0.3 is 10.3 Å². The van der Waals surface area contributed by atoms with E-state index in [1.165, 1.54) is 12.8 Å². The number of rotatable bonds is 3. The molecule has 1 saturated carbocycles. The molecule has 104 valence electrons. The summed E-state index contributed by atoms with van der Waals surface area (Å²) in [6, 6.07) is 9.03. The molecule has 0 radical (unpaired) electrons. The molecule has 2 fully saturated rings. The minimum atomic E-state index is 0.0464. The molecule has 0 spiro atoms. The third kappa shape index (κ3) is 2.10. The van der Waals surface area contributed by atoms with Crippen molar-refractivity contribution in [2.75, 3.05) is 13.1 Å². The molecule has 1 aliphatic carbocycles. The van der Waals surface area contributed by atoms with Crippen LogP contribution in [-0.4, -0.2) is 41.0 Å². The Morgan fingerprint density at radius 2 is 2.10 bits per heavy atom. The second-order valence-electron chi connectivity index (χ2n) is 5.93. The van der Waals surface area contributed by atoms with E-state index in [2.05, 4.69) is 15.2 Å². The smallest absolute Gasteiger partial charge is 0.253 e. The highest BCUT2D eigenvalue weighted by molar-refractivity contribution is 6.06. The second-order valence-corrected chi connectivity index (χ2v) is 5.93. The number of likely N-dealkylation sites (tertiary alicyclic amines) is 1. The van der Waals surface area contributed by atoms with E-state index in [4.69, 9.17) is 0 Å². The van der Waals surface area contributed by atoms with Gasteiger partial charge >= 0.3 is 0 Å². The fourth-order valence-corrected chi connectivity index (χ4v) is 3.20. The van der Waals surface area contributed by atoms with E-state index >= 15 is 0 Å². The number of nitrogens with zero attached hydrogens (tertiary/aromatic N) is 1. The van der Waals surface area contributed by atoms with Crippen LogP contribution < -0.4 is 5.32 Å². The van der Waals surface area contributed by atoms with Crippen LogP contribution in [0.4, 0.5) is 0 Å². The number of nitrogens with one attached hydrogen (secondary N) is 2. The molecule has 2 aromatic rings. The standard InChI is InChI=1S/C16H19N3O/c20-16(14-9-17-15-4-2-1-3-13(14)15)18-11-7-8-19(10-11)12-5-6-12/h1-4,9,11-12,17H,5-8,10H2,(H,18,20). The van der Waals surface area contributed by atoms with Gasteiger partial charge in [0.05, 0.1) is 5.56 Å². The Labute approximate surface area is 118 Å². The molecule has 20 heavy (non-hydrogen) atoms. The summed E-state index contributed by atoms with van der Waals surface area (Å²) < 4.78 is 0. The van der Waals surface area contributed by atoms with Crippen LogP contribution in [0.5, 0.6) is 0 Å². The lowest BCUT2D eigenvalue weighted by Gasteiger charge is -2.15. The molecule has 0 bridgehead atoms.